The predicted octanol–water partition coefficient (Wildman–Crippen LogP) is 3.18. The summed E-state index contributed by atoms with van der Waals surface area (Å²) in [6.07, 6.45) is -0.331. The highest BCUT2D eigenvalue weighted by atomic mass is 79.9. The summed E-state index contributed by atoms with van der Waals surface area (Å²) in [5.74, 6) is 0.483. The maximum atomic E-state index is 12.3. The van der Waals surface area contributed by atoms with Gasteiger partial charge in [-0.1, -0.05) is 0 Å². The van der Waals surface area contributed by atoms with Crippen LogP contribution in [-0.4, -0.2) is 53.8 Å². The average Bonchev–Trinajstić information content (AvgIpc) is 2.52. The summed E-state index contributed by atoms with van der Waals surface area (Å²) in [4.78, 5) is 26.7. The number of hydrogen-bond donors (Lipinski definition) is 0. The molecule has 8 nitrogen and oxygen atoms in total. The zero-order chi connectivity index (χ0) is 18.4. The number of nitrogens with zero attached hydrogens (tertiary/aromatic N) is 3. The lowest BCUT2D eigenvalue weighted by Gasteiger charge is -2.45. The van der Waals surface area contributed by atoms with Crippen LogP contribution in [0.4, 0.5) is 16.2 Å². The van der Waals surface area contributed by atoms with Crippen LogP contribution in [0.25, 0.3) is 0 Å². The van der Waals surface area contributed by atoms with Gasteiger partial charge in [0.15, 0.2) is 5.75 Å². The van der Waals surface area contributed by atoms with E-state index in [0.29, 0.717) is 36.5 Å². The van der Waals surface area contributed by atoms with Crippen molar-refractivity contribution >= 4 is 33.4 Å². The van der Waals surface area contributed by atoms with Gasteiger partial charge in [0.05, 0.1) is 16.7 Å². The molecule has 9 heteroatoms. The number of benzene rings is 1. The van der Waals surface area contributed by atoms with Crippen LogP contribution >= 0.6 is 15.9 Å². The summed E-state index contributed by atoms with van der Waals surface area (Å²) in [5.41, 5.74) is 0.246. The molecule has 0 aromatic heterocycles. The lowest BCUT2D eigenvalue weighted by molar-refractivity contribution is -0.385. The SMILES string of the molecule is CC(C)(C)OC(=O)N1CCN2c3ccc([N+](=O)[O-])c(Br)c3OC[C@H]2C1. The third-order valence-corrected chi connectivity index (χ3v) is 4.88. The normalized spacial score (nSPS) is 19.6. The second kappa shape index (κ2) is 6.36. The average molecular weight is 414 g/mol. The fourth-order valence-corrected chi connectivity index (χ4v) is 3.62. The van der Waals surface area contributed by atoms with E-state index in [4.69, 9.17) is 9.47 Å². The molecule has 2 aliphatic rings. The Labute approximate surface area is 153 Å². The molecule has 0 spiro atoms. The summed E-state index contributed by atoms with van der Waals surface area (Å²) in [7, 11) is 0. The first-order valence-corrected chi connectivity index (χ1v) is 8.81. The Morgan fingerprint density at radius 1 is 1.40 bits per heavy atom. The van der Waals surface area contributed by atoms with Gasteiger partial charge in [-0.05, 0) is 42.8 Å². The molecule has 0 aliphatic carbocycles. The number of hydrogen-bond acceptors (Lipinski definition) is 6. The Morgan fingerprint density at radius 3 is 2.76 bits per heavy atom. The largest absolute Gasteiger partial charge is 0.488 e. The van der Waals surface area contributed by atoms with Crippen molar-refractivity contribution in [2.45, 2.75) is 32.4 Å². The minimum atomic E-state index is -0.534. The van der Waals surface area contributed by atoms with Gasteiger partial charge in [0.1, 0.15) is 16.7 Å². The van der Waals surface area contributed by atoms with E-state index in [1.165, 1.54) is 6.07 Å². The third kappa shape index (κ3) is 3.51. The molecule has 0 N–H and O–H groups in total. The van der Waals surface area contributed by atoms with E-state index in [2.05, 4.69) is 20.8 Å². The Kier molecular flexibility index (Phi) is 4.52. The van der Waals surface area contributed by atoms with Gasteiger partial charge in [-0.2, -0.15) is 0 Å². The molecule has 1 atom stereocenters. The molecule has 1 fully saturated rings. The van der Waals surface area contributed by atoms with Gasteiger partial charge < -0.3 is 19.3 Å². The van der Waals surface area contributed by atoms with E-state index < -0.39 is 10.5 Å². The second-order valence-electron chi connectivity index (χ2n) is 7.09. The third-order valence-electron chi connectivity index (χ3n) is 4.12. The summed E-state index contributed by atoms with van der Waals surface area (Å²) < 4.78 is 11.6. The summed E-state index contributed by atoms with van der Waals surface area (Å²) in [5, 5.41) is 11.1. The zero-order valence-corrected chi connectivity index (χ0v) is 15.9. The Balaban J connectivity index is 1.78. The minimum Gasteiger partial charge on any atom is -0.488 e. The zero-order valence-electron chi connectivity index (χ0n) is 14.3. The molecule has 2 heterocycles. The van der Waals surface area contributed by atoms with Crippen molar-refractivity contribution in [3.05, 3.63) is 26.7 Å². The Morgan fingerprint density at radius 2 is 2.12 bits per heavy atom. The number of anilines is 1. The predicted molar refractivity (Wildman–Crippen MR) is 95.2 cm³/mol. The molecule has 1 amide bonds. The second-order valence-corrected chi connectivity index (χ2v) is 7.88. The smallest absolute Gasteiger partial charge is 0.410 e. The number of halogens is 1. The van der Waals surface area contributed by atoms with Crippen molar-refractivity contribution in [3.63, 3.8) is 0 Å². The van der Waals surface area contributed by atoms with Gasteiger partial charge in [-0.15, -0.1) is 0 Å². The highest BCUT2D eigenvalue weighted by Crippen LogP contribution is 2.45. The van der Waals surface area contributed by atoms with Gasteiger partial charge in [-0.25, -0.2) is 4.79 Å². The molecule has 2 aliphatic heterocycles. The number of carbonyl (C=O) groups excluding carboxylic acids is 1. The molecule has 0 unspecified atom stereocenters. The van der Waals surface area contributed by atoms with Crippen molar-refractivity contribution in [2.24, 2.45) is 0 Å². The van der Waals surface area contributed by atoms with E-state index in [1.807, 2.05) is 20.8 Å². The van der Waals surface area contributed by atoms with Crippen molar-refractivity contribution in [1.29, 1.82) is 0 Å². The topological polar surface area (TPSA) is 85.2 Å². The lowest BCUT2D eigenvalue weighted by atomic mass is 10.1. The number of fused-ring (bicyclic) bond motifs is 3. The molecular weight excluding hydrogens is 394 g/mol. The van der Waals surface area contributed by atoms with Crippen LogP contribution in [0.2, 0.25) is 0 Å². The fourth-order valence-electron chi connectivity index (χ4n) is 3.03. The van der Waals surface area contributed by atoms with Gasteiger partial charge in [0.2, 0.25) is 0 Å². The first-order valence-electron chi connectivity index (χ1n) is 8.01. The van der Waals surface area contributed by atoms with Crippen LogP contribution in [0.1, 0.15) is 20.8 Å². The highest BCUT2D eigenvalue weighted by molar-refractivity contribution is 9.10. The number of rotatable bonds is 1. The molecule has 136 valence electrons. The summed E-state index contributed by atoms with van der Waals surface area (Å²) in [6, 6.07) is 3.16. The monoisotopic (exact) mass is 413 g/mol. The molecule has 3 rings (SSSR count). The fraction of sp³-hybridized carbons (Fsp3) is 0.562. The first kappa shape index (κ1) is 17.8. The van der Waals surface area contributed by atoms with Gasteiger partial charge >= 0.3 is 6.09 Å². The van der Waals surface area contributed by atoms with Crippen molar-refractivity contribution in [3.8, 4) is 5.75 Å². The molecular formula is C16H20BrN3O5. The van der Waals surface area contributed by atoms with Crippen LogP contribution in [-0.2, 0) is 4.74 Å². The van der Waals surface area contributed by atoms with Crippen LogP contribution in [0.3, 0.4) is 0 Å². The van der Waals surface area contributed by atoms with Crippen LogP contribution in [0, 0.1) is 10.1 Å². The van der Waals surface area contributed by atoms with E-state index in [-0.39, 0.29) is 17.8 Å². The molecule has 1 saturated heterocycles. The van der Waals surface area contributed by atoms with E-state index in [0.717, 1.165) is 5.69 Å². The maximum Gasteiger partial charge on any atom is 0.410 e. The minimum absolute atomic E-state index is 0.0119. The molecule has 1 aromatic rings. The van der Waals surface area contributed by atoms with Crippen molar-refractivity contribution in [2.75, 3.05) is 31.1 Å². The molecule has 0 radical (unpaired) electrons. The number of carbonyl (C=O) groups is 1. The van der Waals surface area contributed by atoms with Gasteiger partial charge in [0, 0.05) is 25.7 Å². The van der Waals surface area contributed by atoms with Crippen molar-refractivity contribution in [1.82, 2.24) is 4.90 Å². The summed E-state index contributed by atoms with van der Waals surface area (Å²) >= 11 is 3.27. The number of ether oxygens (including phenoxy) is 2. The standard InChI is InChI=1S/C16H20BrN3O5/c1-16(2,3)25-15(21)18-6-7-19-10(8-18)9-24-14-12(19)5-4-11(13(14)17)20(22)23/h4-5,10H,6-9H2,1-3H3/t10-/m1/s1. The Bertz CT molecular complexity index is 718. The first-order chi connectivity index (χ1) is 11.7. The van der Waals surface area contributed by atoms with Crippen LogP contribution < -0.4 is 9.64 Å². The van der Waals surface area contributed by atoms with E-state index in [1.54, 1.807) is 11.0 Å². The Hall–Kier alpha value is -2.03. The number of nitro groups is 1. The van der Waals surface area contributed by atoms with Crippen LogP contribution in [0.5, 0.6) is 5.75 Å². The van der Waals surface area contributed by atoms with Gasteiger partial charge in [-0.3, -0.25) is 10.1 Å². The number of nitro benzene ring substituents is 1. The molecule has 0 saturated carbocycles. The molecule has 1 aromatic carbocycles. The van der Waals surface area contributed by atoms with E-state index >= 15 is 0 Å². The highest BCUT2D eigenvalue weighted by Gasteiger charge is 2.37. The molecule has 0 bridgehead atoms. The number of amides is 1. The summed E-state index contributed by atoms with van der Waals surface area (Å²) in [6.45, 7) is 7.50. The quantitative estimate of drug-likeness (QED) is 0.519. The number of piperazine rings is 1. The lowest BCUT2D eigenvalue weighted by Crippen LogP contribution is -2.59. The van der Waals surface area contributed by atoms with Crippen molar-refractivity contribution < 1.29 is 19.2 Å². The maximum absolute atomic E-state index is 12.3. The van der Waals surface area contributed by atoms with Crippen LogP contribution in [0.15, 0.2) is 16.6 Å². The molecule has 25 heavy (non-hydrogen) atoms. The van der Waals surface area contributed by atoms with Gasteiger partial charge in [0.25, 0.3) is 5.69 Å². The van der Waals surface area contributed by atoms with E-state index in [9.17, 15) is 14.9 Å².